The number of aromatic carboxylic acids is 1. The van der Waals surface area contributed by atoms with Crippen molar-refractivity contribution in [2.75, 3.05) is 12.3 Å². The second-order valence-corrected chi connectivity index (χ2v) is 9.21. The minimum absolute atomic E-state index is 0.0163. The maximum absolute atomic E-state index is 12.7. The zero-order valence-electron chi connectivity index (χ0n) is 15.3. The van der Waals surface area contributed by atoms with Gasteiger partial charge in [0.1, 0.15) is 11.4 Å². The highest BCUT2D eigenvalue weighted by atomic mass is 32.2. The summed E-state index contributed by atoms with van der Waals surface area (Å²) in [5.41, 5.74) is 0.236. The summed E-state index contributed by atoms with van der Waals surface area (Å²) in [6.45, 7) is 7.91. The van der Waals surface area contributed by atoms with Gasteiger partial charge in [-0.2, -0.15) is 4.31 Å². The van der Waals surface area contributed by atoms with E-state index in [0.29, 0.717) is 24.3 Å². The number of benzene rings is 1. The van der Waals surface area contributed by atoms with Crippen LogP contribution in [0.1, 0.15) is 68.9 Å². The van der Waals surface area contributed by atoms with Crippen LogP contribution < -0.4 is 4.74 Å². The van der Waals surface area contributed by atoms with Crippen LogP contribution in [0, 0.1) is 0 Å². The molecule has 25 heavy (non-hydrogen) atoms. The van der Waals surface area contributed by atoms with E-state index in [1.807, 2.05) is 20.8 Å². The van der Waals surface area contributed by atoms with Gasteiger partial charge in [-0.1, -0.05) is 13.3 Å². The lowest BCUT2D eigenvalue weighted by molar-refractivity contribution is 0.0499. The summed E-state index contributed by atoms with van der Waals surface area (Å²) in [6.07, 6.45) is 2.11. The van der Waals surface area contributed by atoms with Crippen molar-refractivity contribution in [3.05, 3.63) is 29.3 Å². The Hall–Kier alpha value is -1.60. The van der Waals surface area contributed by atoms with E-state index in [9.17, 15) is 18.3 Å². The van der Waals surface area contributed by atoms with Crippen LogP contribution in [-0.4, -0.2) is 41.7 Å². The predicted octanol–water partition coefficient (Wildman–Crippen LogP) is 3.44. The van der Waals surface area contributed by atoms with E-state index in [-0.39, 0.29) is 11.3 Å². The van der Waals surface area contributed by atoms with Gasteiger partial charge < -0.3 is 9.84 Å². The second kappa shape index (κ2) is 7.33. The van der Waals surface area contributed by atoms with Gasteiger partial charge in [-0.15, -0.1) is 0 Å². The molecule has 1 N–H and O–H groups in total. The number of ether oxygens (including phenoxy) is 1. The molecule has 1 aliphatic rings. The van der Waals surface area contributed by atoms with Crippen molar-refractivity contribution < 1.29 is 23.1 Å². The summed E-state index contributed by atoms with van der Waals surface area (Å²) < 4.78 is 32.9. The standard InChI is InChI=1S/C18H27NO5S/c1-5-7-10-19(25(22,23)6-2)15-12-18(3,4)24-16-9-8-13(17(20)21)11-14(15)16/h8-9,11,15H,5-7,10,12H2,1-4H3,(H,20,21). The smallest absolute Gasteiger partial charge is 0.335 e. The first-order valence-corrected chi connectivity index (χ1v) is 10.3. The van der Waals surface area contributed by atoms with Gasteiger partial charge in [0.15, 0.2) is 0 Å². The molecule has 1 atom stereocenters. The SMILES string of the molecule is CCCCN(C1CC(C)(C)Oc2ccc(C(=O)O)cc21)S(=O)(=O)CC. The molecular formula is C18H27NO5S. The Morgan fingerprint density at radius 3 is 2.60 bits per heavy atom. The molecular weight excluding hydrogens is 342 g/mol. The number of carboxylic acids is 1. The predicted molar refractivity (Wildman–Crippen MR) is 96.5 cm³/mol. The van der Waals surface area contributed by atoms with E-state index in [4.69, 9.17) is 4.74 Å². The van der Waals surface area contributed by atoms with Crippen LogP contribution in [0.25, 0.3) is 0 Å². The number of rotatable bonds is 7. The fraction of sp³-hybridized carbons (Fsp3) is 0.611. The van der Waals surface area contributed by atoms with E-state index in [1.165, 1.54) is 10.4 Å². The molecule has 0 saturated heterocycles. The van der Waals surface area contributed by atoms with Crippen LogP contribution in [0.3, 0.4) is 0 Å². The summed E-state index contributed by atoms with van der Waals surface area (Å²) in [5.74, 6) is -0.466. The minimum atomic E-state index is -3.43. The van der Waals surface area contributed by atoms with Crippen molar-refractivity contribution in [2.24, 2.45) is 0 Å². The highest BCUT2D eigenvalue weighted by Crippen LogP contribution is 2.44. The van der Waals surface area contributed by atoms with E-state index in [2.05, 4.69) is 0 Å². The maximum atomic E-state index is 12.7. The molecule has 1 unspecified atom stereocenters. The van der Waals surface area contributed by atoms with E-state index >= 15 is 0 Å². The lowest BCUT2D eigenvalue weighted by Crippen LogP contribution is -2.44. The summed E-state index contributed by atoms with van der Waals surface area (Å²) >= 11 is 0. The topological polar surface area (TPSA) is 83.9 Å². The third kappa shape index (κ3) is 4.33. The van der Waals surface area contributed by atoms with Gasteiger partial charge in [-0.05, 0) is 45.4 Å². The Morgan fingerprint density at radius 1 is 1.36 bits per heavy atom. The summed E-state index contributed by atoms with van der Waals surface area (Å²) in [7, 11) is -3.43. The van der Waals surface area contributed by atoms with Crippen LogP contribution >= 0.6 is 0 Å². The molecule has 140 valence electrons. The average Bonchev–Trinajstić information content (AvgIpc) is 2.53. The number of unbranched alkanes of at least 4 members (excludes halogenated alkanes) is 1. The van der Waals surface area contributed by atoms with Crippen LogP contribution in [0.4, 0.5) is 0 Å². The molecule has 0 spiro atoms. The molecule has 1 heterocycles. The first-order chi connectivity index (χ1) is 11.6. The zero-order valence-corrected chi connectivity index (χ0v) is 16.1. The molecule has 0 saturated carbocycles. The van der Waals surface area contributed by atoms with E-state index in [0.717, 1.165) is 12.8 Å². The van der Waals surface area contributed by atoms with Crippen LogP contribution in [0.5, 0.6) is 5.75 Å². The molecule has 1 aromatic carbocycles. The number of sulfonamides is 1. The number of nitrogens with zero attached hydrogens (tertiary/aromatic N) is 1. The summed E-state index contributed by atoms with van der Waals surface area (Å²) in [4.78, 5) is 11.3. The molecule has 0 fully saturated rings. The first kappa shape index (κ1) is 19.7. The molecule has 2 rings (SSSR count). The highest BCUT2D eigenvalue weighted by Gasteiger charge is 2.40. The van der Waals surface area contributed by atoms with E-state index in [1.54, 1.807) is 19.1 Å². The number of fused-ring (bicyclic) bond motifs is 1. The van der Waals surface area contributed by atoms with Gasteiger partial charge in [-0.3, -0.25) is 0 Å². The van der Waals surface area contributed by atoms with Crippen molar-refractivity contribution in [2.45, 2.75) is 58.6 Å². The van der Waals surface area contributed by atoms with Crippen LogP contribution in [0.15, 0.2) is 18.2 Å². The van der Waals surface area contributed by atoms with Gasteiger partial charge in [0.05, 0.1) is 17.4 Å². The van der Waals surface area contributed by atoms with Crippen LogP contribution in [-0.2, 0) is 10.0 Å². The number of hydrogen-bond acceptors (Lipinski definition) is 4. The third-order valence-corrected chi connectivity index (χ3v) is 6.37. The minimum Gasteiger partial charge on any atom is -0.487 e. The van der Waals surface area contributed by atoms with Gasteiger partial charge in [-0.25, -0.2) is 13.2 Å². The Labute approximate surface area is 149 Å². The third-order valence-electron chi connectivity index (χ3n) is 4.49. The Balaban J connectivity index is 2.57. The Morgan fingerprint density at radius 2 is 2.04 bits per heavy atom. The lowest BCUT2D eigenvalue weighted by Gasteiger charge is -2.42. The molecule has 0 aromatic heterocycles. The summed E-state index contributed by atoms with van der Waals surface area (Å²) in [6, 6.07) is 4.24. The van der Waals surface area contributed by atoms with Gasteiger partial charge in [0, 0.05) is 18.5 Å². The van der Waals surface area contributed by atoms with Crippen LogP contribution in [0.2, 0.25) is 0 Å². The molecule has 0 aliphatic carbocycles. The fourth-order valence-electron chi connectivity index (χ4n) is 3.18. The monoisotopic (exact) mass is 369 g/mol. The van der Waals surface area contributed by atoms with Crippen molar-refractivity contribution in [3.63, 3.8) is 0 Å². The summed E-state index contributed by atoms with van der Waals surface area (Å²) in [5, 5.41) is 9.29. The molecule has 0 bridgehead atoms. The van der Waals surface area contributed by atoms with Gasteiger partial charge in [0.2, 0.25) is 10.0 Å². The molecule has 6 nitrogen and oxygen atoms in total. The fourth-order valence-corrected chi connectivity index (χ4v) is 4.49. The second-order valence-electron chi connectivity index (χ2n) is 7.00. The molecule has 0 radical (unpaired) electrons. The number of carboxylic acid groups (broad SMARTS) is 1. The normalized spacial score (nSPS) is 19.3. The molecule has 7 heteroatoms. The van der Waals surface area contributed by atoms with Crippen molar-refractivity contribution in [3.8, 4) is 5.75 Å². The largest absolute Gasteiger partial charge is 0.487 e. The van der Waals surface area contributed by atoms with Crippen molar-refractivity contribution >= 4 is 16.0 Å². The van der Waals surface area contributed by atoms with Crippen molar-refractivity contribution in [1.29, 1.82) is 0 Å². The number of hydrogen-bond donors (Lipinski definition) is 1. The quantitative estimate of drug-likeness (QED) is 0.796. The molecule has 1 aromatic rings. The maximum Gasteiger partial charge on any atom is 0.335 e. The van der Waals surface area contributed by atoms with Crippen molar-refractivity contribution in [1.82, 2.24) is 4.31 Å². The Bertz CT molecular complexity index is 742. The Kier molecular flexibility index (Phi) is 5.79. The number of carbonyl (C=O) groups is 1. The average molecular weight is 369 g/mol. The molecule has 0 amide bonds. The molecule has 1 aliphatic heterocycles. The van der Waals surface area contributed by atoms with Gasteiger partial charge in [0.25, 0.3) is 0 Å². The lowest BCUT2D eigenvalue weighted by atomic mass is 9.88. The highest BCUT2D eigenvalue weighted by molar-refractivity contribution is 7.89. The van der Waals surface area contributed by atoms with E-state index < -0.39 is 27.6 Å². The zero-order chi connectivity index (χ0) is 18.8. The van der Waals surface area contributed by atoms with Gasteiger partial charge >= 0.3 is 5.97 Å². The first-order valence-electron chi connectivity index (χ1n) is 8.67.